The standard InChI is InChI=1S/C20H27N3O3S/c1-14-7-3-4-8-15(14)22-19(24)12-26-20(25)11-23-17-10-6-5-9-16(17)21-18(23)13-27-2/h5-6,9-10,14-15H,3-4,7-8,11-13H2,1-2H3,(H,22,24)/t14-,15+/m1/s1. The largest absolute Gasteiger partial charge is 0.454 e. The van der Waals surface area contributed by atoms with Gasteiger partial charge in [0.2, 0.25) is 0 Å². The third-order valence-electron chi connectivity index (χ3n) is 5.12. The van der Waals surface area contributed by atoms with Crippen molar-refractivity contribution in [1.29, 1.82) is 0 Å². The Morgan fingerprint density at radius 3 is 2.85 bits per heavy atom. The molecule has 0 bridgehead atoms. The van der Waals surface area contributed by atoms with Crippen molar-refractivity contribution in [2.45, 2.75) is 50.9 Å². The average molecular weight is 390 g/mol. The van der Waals surface area contributed by atoms with Gasteiger partial charge in [0.1, 0.15) is 12.4 Å². The minimum atomic E-state index is -0.424. The number of carbonyl (C=O) groups is 2. The summed E-state index contributed by atoms with van der Waals surface area (Å²) in [7, 11) is 0. The molecule has 7 heteroatoms. The van der Waals surface area contributed by atoms with Gasteiger partial charge in [-0.3, -0.25) is 9.59 Å². The summed E-state index contributed by atoms with van der Waals surface area (Å²) in [5, 5.41) is 3.01. The highest BCUT2D eigenvalue weighted by Gasteiger charge is 2.23. The summed E-state index contributed by atoms with van der Waals surface area (Å²) in [5.41, 5.74) is 1.76. The first kappa shape index (κ1) is 19.7. The number of fused-ring (bicyclic) bond motifs is 1. The summed E-state index contributed by atoms with van der Waals surface area (Å²) in [6, 6.07) is 7.91. The number of aromatic nitrogens is 2. The molecule has 2 aromatic rings. The van der Waals surface area contributed by atoms with E-state index in [1.54, 1.807) is 11.8 Å². The van der Waals surface area contributed by atoms with Gasteiger partial charge in [0.15, 0.2) is 6.61 Å². The van der Waals surface area contributed by atoms with Gasteiger partial charge >= 0.3 is 5.97 Å². The molecule has 0 saturated heterocycles. The summed E-state index contributed by atoms with van der Waals surface area (Å²) in [6.45, 7) is 1.99. The maximum atomic E-state index is 12.3. The van der Waals surface area contributed by atoms with Gasteiger partial charge in [0, 0.05) is 6.04 Å². The average Bonchev–Trinajstić information content (AvgIpc) is 3.00. The number of nitrogens with zero attached hydrogens (tertiary/aromatic N) is 2. The number of thioether (sulfide) groups is 1. The second-order valence-electron chi connectivity index (χ2n) is 7.13. The summed E-state index contributed by atoms with van der Waals surface area (Å²) in [4.78, 5) is 29.0. The lowest BCUT2D eigenvalue weighted by atomic mass is 9.86. The fourth-order valence-electron chi connectivity index (χ4n) is 3.64. The Bertz CT molecular complexity index is 805. The fourth-order valence-corrected chi connectivity index (χ4v) is 4.12. The van der Waals surface area contributed by atoms with E-state index in [0.29, 0.717) is 11.7 Å². The van der Waals surface area contributed by atoms with Crippen LogP contribution in [-0.2, 0) is 26.6 Å². The van der Waals surface area contributed by atoms with Crippen molar-refractivity contribution in [3.63, 3.8) is 0 Å². The molecule has 6 nitrogen and oxygen atoms in total. The van der Waals surface area contributed by atoms with Crippen LogP contribution in [0.2, 0.25) is 0 Å². The van der Waals surface area contributed by atoms with E-state index >= 15 is 0 Å². The van der Waals surface area contributed by atoms with Gasteiger partial charge in [0.05, 0.1) is 16.8 Å². The number of nitrogens with one attached hydrogen (secondary N) is 1. The molecule has 3 rings (SSSR count). The van der Waals surface area contributed by atoms with Gasteiger partial charge in [-0.05, 0) is 37.1 Å². The number of amides is 1. The number of rotatable bonds is 7. The summed E-state index contributed by atoms with van der Waals surface area (Å²) in [6.07, 6.45) is 6.50. The van der Waals surface area contributed by atoms with E-state index in [-0.39, 0.29) is 25.1 Å². The molecule has 1 saturated carbocycles. The molecular weight excluding hydrogens is 362 g/mol. The highest BCUT2D eigenvalue weighted by atomic mass is 32.2. The first-order valence-corrected chi connectivity index (χ1v) is 10.9. The van der Waals surface area contributed by atoms with E-state index in [1.165, 1.54) is 6.42 Å². The van der Waals surface area contributed by atoms with Crippen LogP contribution in [0.25, 0.3) is 11.0 Å². The maximum absolute atomic E-state index is 12.3. The molecule has 0 aliphatic heterocycles. The fraction of sp³-hybridized carbons (Fsp3) is 0.550. The van der Waals surface area contributed by atoms with Crippen LogP contribution in [0.1, 0.15) is 38.4 Å². The van der Waals surface area contributed by atoms with Gasteiger partial charge in [-0.25, -0.2) is 4.98 Å². The zero-order valence-electron chi connectivity index (χ0n) is 15.9. The number of para-hydroxylation sites is 2. The highest BCUT2D eigenvalue weighted by Crippen LogP contribution is 2.23. The monoisotopic (exact) mass is 389 g/mol. The number of imidazole rings is 1. The Balaban J connectivity index is 1.57. The van der Waals surface area contributed by atoms with Crippen LogP contribution in [0, 0.1) is 5.92 Å². The predicted molar refractivity (Wildman–Crippen MR) is 107 cm³/mol. The Hall–Kier alpha value is -2.02. The van der Waals surface area contributed by atoms with E-state index in [4.69, 9.17) is 4.74 Å². The molecule has 0 radical (unpaired) electrons. The SMILES string of the molecule is CSCc1nc2ccccc2n1CC(=O)OCC(=O)N[C@H]1CCCC[C@H]1C. The quantitative estimate of drug-likeness (QED) is 0.737. The van der Waals surface area contributed by atoms with E-state index in [0.717, 1.165) is 36.1 Å². The van der Waals surface area contributed by atoms with Gasteiger partial charge in [0.25, 0.3) is 5.91 Å². The number of hydrogen-bond acceptors (Lipinski definition) is 5. The van der Waals surface area contributed by atoms with Crippen molar-refractivity contribution in [1.82, 2.24) is 14.9 Å². The van der Waals surface area contributed by atoms with Crippen molar-refractivity contribution in [2.24, 2.45) is 5.92 Å². The number of ether oxygens (including phenoxy) is 1. The molecule has 0 spiro atoms. The predicted octanol–water partition coefficient (Wildman–Crippen LogP) is 3.14. The normalized spacial score (nSPS) is 19.8. The van der Waals surface area contributed by atoms with E-state index in [1.807, 2.05) is 35.1 Å². The lowest BCUT2D eigenvalue weighted by molar-refractivity contribution is -0.149. The van der Waals surface area contributed by atoms with Gasteiger partial charge in [-0.2, -0.15) is 11.8 Å². The van der Waals surface area contributed by atoms with Crippen molar-refractivity contribution in [3.8, 4) is 0 Å². The van der Waals surface area contributed by atoms with Crippen LogP contribution in [-0.4, -0.2) is 40.3 Å². The second-order valence-corrected chi connectivity index (χ2v) is 8.00. The molecule has 1 fully saturated rings. The van der Waals surface area contributed by atoms with Crippen LogP contribution >= 0.6 is 11.8 Å². The van der Waals surface area contributed by atoms with E-state index in [2.05, 4.69) is 17.2 Å². The van der Waals surface area contributed by atoms with Crippen LogP contribution in [0.5, 0.6) is 0 Å². The van der Waals surface area contributed by atoms with Crippen LogP contribution < -0.4 is 5.32 Å². The lowest BCUT2D eigenvalue weighted by Crippen LogP contribution is -2.43. The molecule has 1 aromatic carbocycles. The molecule has 1 N–H and O–H groups in total. The number of esters is 1. The van der Waals surface area contributed by atoms with Crippen LogP contribution in [0.4, 0.5) is 0 Å². The Kier molecular flexibility index (Phi) is 6.77. The van der Waals surface area contributed by atoms with Gasteiger partial charge in [-0.1, -0.05) is 31.9 Å². The first-order chi connectivity index (χ1) is 13.1. The summed E-state index contributed by atoms with van der Waals surface area (Å²) >= 11 is 1.65. The second kappa shape index (κ2) is 9.26. The third-order valence-corrected chi connectivity index (χ3v) is 5.66. The number of carbonyl (C=O) groups excluding carboxylic acids is 2. The third kappa shape index (κ3) is 5.03. The lowest BCUT2D eigenvalue weighted by Gasteiger charge is -2.29. The van der Waals surface area contributed by atoms with Crippen molar-refractivity contribution < 1.29 is 14.3 Å². The zero-order chi connectivity index (χ0) is 19.2. The molecule has 146 valence electrons. The highest BCUT2D eigenvalue weighted by molar-refractivity contribution is 7.97. The Labute approximate surface area is 164 Å². The minimum absolute atomic E-state index is 0.0590. The van der Waals surface area contributed by atoms with Crippen molar-refractivity contribution in [2.75, 3.05) is 12.9 Å². The number of hydrogen-bond donors (Lipinski definition) is 1. The van der Waals surface area contributed by atoms with Crippen LogP contribution in [0.3, 0.4) is 0 Å². The van der Waals surface area contributed by atoms with E-state index < -0.39 is 5.97 Å². The molecule has 27 heavy (non-hydrogen) atoms. The molecule has 2 atom stereocenters. The van der Waals surface area contributed by atoms with Gasteiger partial charge in [-0.15, -0.1) is 0 Å². The molecule has 1 amide bonds. The topological polar surface area (TPSA) is 73.2 Å². The molecule has 1 aliphatic rings. The van der Waals surface area contributed by atoms with Crippen molar-refractivity contribution in [3.05, 3.63) is 30.1 Å². The smallest absolute Gasteiger partial charge is 0.326 e. The van der Waals surface area contributed by atoms with Gasteiger partial charge < -0.3 is 14.6 Å². The molecule has 1 heterocycles. The van der Waals surface area contributed by atoms with Crippen molar-refractivity contribution >= 4 is 34.7 Å². The molecule has 0 unspecified atom stereocenters. The first-order valence-electron chi connectivity index (χ1n) is 9.46. The minimum Gasteiger partial charge on any atom is -0.454 e. The number of benzene rings is 1. The molecular formula is C20H27N3O3S. The van der Waals surface area contributed by atoms with Crippen LogP contribution in [0.15, 0.2) is 24.3 Å². The zero-order valence-corrected chi connectivity index (χ0v) is 16.8. The summed E-state index contributed by atoms with van der Waals surface area (Å²) < 4.78 is 7.10. The molecule has 1 aromatic heterocycles. The summed E-state index contributed by atoms with van der Waals surface area (Å²) in [5.74, 6) is 1.38. The van der Waals surface area contributed by atoms with E-state index in [9.17, 15) is 9.59 Å². The Morgan fingerprint density at radius 2 is 2.07 bits per heavy atom. The maximum Gasteiger partial charge on any atom is 0.326 e. The molecule has 1 aliphatic carbocycles. The Morgan fingerprint density at radius 1 is 1.30 bits per heavy atom.